The third kappa shape index (κ3) is 3.33. The van der Waals surface area contributed by atoms with Gasteiger partial charge in [0.05, 0.1) is 0 Å². The fourth-order valence-corrected chi connectivity index (χ4v) is 1.77. The molecular weight excluding hydrogens is 248 g/mol. The minimum Gasteiger partial charge on any atom is -0.321 e. The van der Waals surface area contributed by atoms with Gasteiger partial charge < -0.3 is 5.32 Å². The lowest BCUT2D eigenvalue weighted by Crippen LogP contribution is -2.13. The molecule has 0 aromatic heterocycles. The van der Waals surface area contributed by atoms with Gasteiger partial charge in [0.25, 0.3) is 5.91 Å². The van der Waals surface area contributed by atoms with E-state index in [-0.39, 0.29) is 5.57 Å². The number of nitriles is 1. The summed E-state index contributed by atoms with van der Waals surface area (Å²) in [6.45, 7) is 1.94. The van der Waals surface area contributed by atoms with Crippen molar-refractivity contribution in [2.75, 3.05) is 5.32 Å². The zero-order valence-electron chi connectivity index (χ0n) is 11.1. The van der Waals surface area contributed by atoms with Gasteiger partial charge in [0.15, 0.2) is 0 Å². The molecule has 1 N–H and O–H groups in total. The fourth-order valence-electron chi connectivity index (χ4n) is 1.77. The van der Waals surface area contributed by atoms with Crippen LogP contribution in [0.5, 0.6) is 0 Å². The first-order valence-corrected chi connectivity index (χ1v) is 6.24. The number of para-hydroxylation sites is 1. The molecule has 0 radical (unpaired) electrons. The van der Waals surface area contributed by atoms with Gasteiger partial charge in [-0.3, -0.25) is 4.79 Å². The quantitative estimate of drug-likeness (QED) is 0.679. The van der Waals surface area contributed by atoms with Crippen molar-refractivity contribution >= 4 is 17.7 Å². The highest BCUT2D eigenvalue weighted by atomic mass is 16.1. The Hall–Kier alpha value is -2.86. The highest BCUT2D eigenvalue weighted by Gasteiger charge is 2.09. The molecule has 0 bridgehead atoms. The Balaban J connectivity index is 2.23. The van der Waals surface area contributed by atoms with Crippen molar-refractivity contribution in [3.8, 4) is 6.07 Å². The lowest BCUT2D eigenvalue weighted by molar-refractivity contribution is -0.112. The van der Waals surface area contributed by atoms with E-state index in [9.17, 15) is 4.79 Å². The smallest absolute Gasteiger partial charge is 0.266 e. The largest absolute Gasteiger partial charge is 0.321 e. The summed E-state index contributed by atoms with van der Waals surface area (Å²) in [5.41, 5.74) is 2.65. The van der Waals surface area contributed by atoms with Gasteiger partial charge in [-0.25, -0.2) is 0 Å². The summed E-state index contributed by atoms with van der Waals surface area (Å²) in [5, 5.41) is 11.9. The number of hydrogen-bond acceptors (Lipinski definition) is 2. The highest BCUT2D eigenvalue weighted by molar-refractivity contribution is 6.09. The van der Waals surface area contributed by atoms with E-state index < -0.39 is 5.91 Å². The number of carbonyl (C=O) groups is 1. The topological polar surface area (TPSA) is 52.9 Å². The standard InChI is InChI=1S/C17H14N2O/c1-13-7-5-6-8-14(13)11-15(12-18)17(20)19-16-9-3-2-4-10-16/h2-11H,1H3,(H,19,20)/b15-11+. The van der Waals surface area contributed by atoms with Crippen LogP contribution in [0.25, 0.3) is 6.08 Å². The average molecular weight is 262 g/mol. The molecular formula is C17H14N2O. The number of amides is 1. The molecule has 3 nitrogen and oxygen atoms in total. The monoisotopic (exact) mass is 262 g/mol. The summed E-state index contributed by atoms with van der Waals surface area (Å²) in [4.78, 5) is 12.1. The second-order valence-corrected chi connectivity index (χ2v) is 4.35. The van der Waals surface area contributed by atoms with Gasteiger partial charge >= 0.3 is 0 Å². The summed E-state index contributed by atoms with van der Waals surface area (Å²) in [6.07, 6.45) is 1.60. The van der Waals surface area contributed by atoms with Crippen molar-refractivity contribution in [1.82, 2.24) is 0 Å². The minimum atomic E-state index is -0.401. The molecule has 0 aliphatic carbocycles. The molecule has 0 spiro atoms. The van der Waals surface area contributed by atoms with Crippen LogP contribution < -0.4 is 5.32 Å². The summed E-state index contributed by atoms with van der Waals surface area (Å²) in [7, 11) is 0. The van der Waals surface area contributed by atoms with E-state index in [0.717, 1.165) is 11.1 Å². The first-order valence-electron chi connectivity index (χ1n) is 6.24. The summed E-state index contributed by atoms with van der Waals surface area (Å²) >= 11 is 0. The van der Waals surface area contributed by atoms with E-state index in [1.165, 1.54) is 0 Å². The highest BCUT2D eigenvalue weighted by Crippen LogP contribution is 2.13. The first-order chi connectivity index (χ1) is 9.70. The van der Waals surface area contributed by atoms with Gasteiger partial charge in [0.1, 0.15) is 11.6 Å². The number of nitrogens with zero attached hydrogens (tertiary/aromatic N) is 1. The van der Waals surface area contributed by atoms with Gasteiger partial charge in [-0.1, -0.05) is 42.5 Å². The molecule has 0 saturated heterocycles. The molecule has 98 valence electrons. The molecule has 0 saturated carbocycles. The predicted octanol–water partition coefficient (Wildman–Crippen LogP) is 3.54. The lowest BCUT2D eigenvalue weighted by atomic mass is 10.1. The van der Waals surface area contributed by atoms with Crippen molar-refractivity contribution in [3.63, 3.8) is 0 Å². The van der Waals surface area contributed by atoms with Crippen LogP contribution in [0.1, 0.15) is 11.1 Å². The van der Waals surface area contributed by atoms with Gasteiger partial charge in [0.2, 0.25) is 0 Å². The summed E-state index contributed by atoms with van der Waals surface area (Å²) in [5.74, 6) is -0.401. The maximum absolute atomic E-state index is 12.1. The Morgan fingerprint density at radius 3 is 2.40 bits per heavy atom. The number of carbonyl (C=O) groups excluding carboxylic acids is 1. The lowest BCUT2D eigenvalue weighted by Gasteiger charge is -2.04. The molecule has 0 aliphatic rings. The third-order valence-corrected chi connectivity index (χ3v) is 2.89. The van der Waals surface area contributed by atoms with Crippen LogP contribution in [0.3, 0.4) is 0 Å². The summed E-state index contributed by atoms with van der Waals surface area (Å²) in [6, 6.07) is 18.6. The van der Waals surface area contributed by atoms with E-state index in [1.54, 1.807) is 18.2 Å². The second kappa shape index (κ2) is 6.35. The zero-order valence-corrected chi connectivity index (χ0v) is 11.1. The van der Waals surface area contributed by atoms with Crippen molar-refractivity contribution in [3.05, 3.63) is 71.3 Å². The van der Waals surface area contributed by atoms with Crippen LogP contribution in [0.15, 0.2) is 60.2 Å². The molecule has 1 amide bonds. The van der Waals surface area contributed by atoms with Crippen LogP contribution in [0, 0.1) is 18.3 Å². The number of nitrogens with one attached hydrogen (secondary N) is 1. The average Bonchev–Trinajstić information content (AvgIpc) is 2.47. The SMILES string of the molecule is Cc1ccccc1/C=C(\C#N)C(=O)Nc1ccccc1. The molecule has 2 rings (SSSR count). The molecule has 3 heteroatoms. The van der Waals surface area contributed by atoms with Crippen LogP contribution in [-0.4, -0.2) is 5.91 Å². The number of anilines is 1. The van der Waals surface area contributed by atoms with Crippen LogP contribution in [-0.2, 0) is 4.79 Å². The molecule has 0 aliphatic heterocycles. The first kappa shape index (κ1) is 13.6. The minimum absolute atomic E-state index is 0.0863. The van der Waals surface area contributed by atoms with E-state index >= 15 is 0 Å². The van der Waals surface area contributed by atoms with Gasteiger partial charge in [0, 0.05) is 5.69 Å². The van der Waals surface area contributed by atoms with Crippen LogP contribution >= 0.6 is 0 Å². The molecule has 20 heavy (non-hydrogen) atoms. The third-order valence-electron chi connectivity index (χ3n) is 2.89. The molecule has 0 heterocycles. The van der Waals surface area contributed by atoms with Crippen molar-refractivity contribution in [2.24, 2.45) is 0 Å². The summed E-state index contributed by atoms with van der Waals surface area (Å²) < 4.78 is 0. The zero-order chi connectivity index (χ0) is 14.4. The van der Waals surface area contributed by atoms with Crippen LogP contribution in [0.2, 0.25) is 0 Å². The number of rotatable bonds is 3. The Bertz CT molecular complexity index is 682. The molecule has 0 fully saturated rings. The van der Waals surface area contributed by atoms with E-state index in [2.05, 4.69) is 5.32 Å². The Morgan fingerprint density at radius 2 is 1.75 bits per heavy atom. The maximum atomic E-state index is 12.1. The van der Waals surface area contributed by atoms with E-state index in [4.69, 9.17) is 5.26 Å². The Kier molecular flexibility index (Phi) is 4.31. The fraction of sp³-hybridized carbons (Fsp3) is 0.0588. The number of hydrogen-bond donors (Lipinski definition) is 1. The normalized spacial score (nSPS) is 10.7. The number of benzene rings is 2. The van der Waals surface area contributed by atoms with Gasteiger partial charge in [-0.2, -0.15) is 5.26 Å². The van der Waals surface area contributed by atoms with Crippen LogP contribution in [0.4, 0.5) is 5.69 Å². The maximum Gasteiger partial charge on any atom is 0.266 e. The molecule has 2 aromatic carbocycles. The molecule has 0 atom stereocenters. The second-order valence-electron chi connectivity index (χ2n) is 4.35. The Labute approximate surface area is 118 Å². The van der Waals surface area contributed by atoms with Crippen molar-refractivity contribution in [2.45, 2.75) is 6.92 Å². The van der Waals surface area contributed by atoms with Gasteiger partial charge in [-0.15, -0.1) is 0 Å². The van der Waals surface area contributed by atoms with Crippen molar-refractivity contribution < 1.29 is 4.79 Å². The molecule has 0 unspecified atom stereocenters. The molecule has 2 aromatic rings. The predicted molar refractivity (Wildman–Crippen MR) is 79.8 cm³/mol. The van der Waals surface area contributed by atoms with Crippen molar-refractivity contribution in [1.29, 1.82) is 5.26 Å². The van der Waals surface area contributed by atoms with E-state index in [1.807, 2.05) is 55.5 Å². The van der Waals surface area contributed by atoms with Gasteiger partial charge in [-0.05, 0) is 36.3 Å². The van der Waals surface area contributed by atoms with E-state index in [0.29, 0.717) is 5.69 Å². The Morgan fingerprint density at radius 1 is 1.10 bits per heavy atom. The number of aryl methyl sites for hydroxylation is 1.